The van der Waals surface area contributed by atoms with E-state index < -0.39 is 0 Å². The molecule has 0 spiro atoms. The third kappa shape index (κ3) is 5.82. The Labute approximate surface area is 115 Å². The second-order valence-electron chi connectivity index (χ2n) is 4.72. The molecular formula is C15H21N3O. The van der Waals surface area contributed by atoms with Gasteiger partial charge in [-0.15, -0.1) is 0 Å². The maximum absolute atomic E-state index is 11.3. The number of anilines is 1. The third-order valence-electron chi connectivity index (χ3n) is 2.37. The van der Waals surface area contributed by atoms with Crippen LogP contribution in [0.15, 0.2) is 24.3 Å². The Balaban J connectivity index is 2.43. The lowest BCUT2D eigenvalue weighted by Crippen LogP contribution is -2.39. The molecule has 0 fully saturated rings. The molecular weight excluding hydrogens is 238 g/mol. The largest absolute Gasteiger partial charge is 0.378 e. The zero-order valence-electron chi connectivity index (χ0n) is 11.9. The van der Waals surface area contributed by atoms with Gasteiger partial charge in [-0.2, -0.15) is 0 Å². The summed E-state index contributed by atoms with van der Waals surface area (Å²) in [5.41, 5.74) is 2.08. The molecule has 2 N–H and O–H groups in total. The molecule has 0 aromatic heterocycles. The fraction of sp³-hybridized carbons (Fsp3) is 0.400. The van der Waals surface area contributed by atoms with Crippen LogP contribution in [0, 0.1) is 11.8 Å². The normalized spacial score (nSPS) is 9.53. The quantitative estimate of drug-likeness (QED) is 0.813. The van der Waals surface area contributed by atoms with Crippen LogP contribution in [0.5, 0.6) is 0 Å². The highest BCUT2D eigenvalue weighted by molar-refractivity contribution is 5.74. The van der Waals surface area contributed by atoms with Crippen molar-refractivity contribution >= 4 is 11.7 Å². The molecule has 0 radical (unpaired) electrons. The van der Waals surface area contributed by atoms with Crippen molar-refractivity contribution in [3.63, 3.8) is 0 Å². The van der Waals surface area contributed by atoms with Crippen molar-refractivity contribution in [1.29, 1.82) is 0 Å². The van der Waals surface area contributed by atoms with Crippen LogP contribution in [0.25, 0.3) is 0 Å². The zero-order valence-corrected chi connectivity index (χ0v) is 11.9. The first-order valence-electron chi connectivity index (χ1n) is 6.29. The van der Waals surface area contributed by atoms with Gasteiger partial charge < -0.3 is 15.5 Å². The van der Waals surface area contributed by atoms with E-state index in [1.54, 1.807) is 0 Å². The lowest BCUT2D eigenvalue weighted by Gasteiger charge is -2.11. The average Bonchev–Trinajstić information content (AvgIpc) is 2.34. The van der Waals surface area contributed by atoms with Crippen molar-refractivity contribution in [2.24, 2.45) is 0 Å². The minimum Gasteiger partial charge on any atom is -0.378 e. The highest BCUT2D eigenvalue weighted by atomic mass is 16.2. The molecule has 0 heterocycles. The molecule has 1 aromatic rings. The van der Waals surface area contributed by atoms with Gasteiger partial charge in [0, 0.05) is 31.4 Å². The molecule has 19 heavy (non-hydrogen) atoms. The Bertz CT molecular complexity index is 466. The summed E-state index contributed by atoms with van der Waals surface area (Å²) < 4.78 is 0. The number of hydrogen-bond donors (Lipinski definition) is 2. The number of rotatable bonds is 3. The molecule has 0 unspecified atom stereocenters. The minimum absolute atomic E-state index is 0.131. The molecule has 4 nitrogen and oxygen atoms in total. The van der Waals surface area contributed by atoms with Crippen LogP contribution in [0.3, 0.4) is 0 Å². The smallest absolute Gasteiger partial charge is 0.315 e. The van der Waals surface area contributed by atoms with Gasteiger partial charge in [0.15, 0.2) is 0 Å². The highest BCUT2D eigenvalue weighted by Crippen LogP contribution is 2.11. The molecule has 0 aliphatic rings. The van der Waals surface area contributed by atoms with Gasteiger partial charge in [0.05, 0.1) is 6.54 Å². The van der Waals surface area contributed by atoms with Gasteiger partial charge in [-0.25, -0.2) is 4.79 Å². The summed E-state index contributed by atoms with van der Waals surface area (Å²) in [6.07, 6.45) is 0. The molecule has 1 rings (SSSR count). The van der Waals surface area contributed by atoms with Crippen LogP contribution in [0.4, 0.5) is 10.5 Å². The van der Waals surface area contributed by atoms with Crippen molar-refractivity contribution in [2.75, 3.05) is 25.5 Å². The molecule has 4 heteroatoms. The lowest BCUT2D eigenvalue weighted by molar-refractivity contribution is 0.240. The summed E-state index contributed by atoms with van der Waals surface area (Å²) in [5.74, 6) is 5.93. The maximum Gasteiger partial charge on any atom is 0.315 e. The lowest BCUT2D eigenvalue weighted by atomic mass is 10.2. The van der Waals surface area contributed by atoms with Crippen LogP contribution >= 0.6 is 0 Å². The third-order valence-corrected chi connectivity index (χ3v) is 2.37. The van der Waals surface area contributed by atoms with Crippen molar-refractivity contribution in [1.82, 2.24) is 10.6 Å². The Hall–Kier alpha value is -2.15. The topological polar surface area (TPSA) is 44.4 Å². The summed E-state index contributed by atoms with van der Waals surface area (Å²) >= 11 is 0. The van der Waals surface area contributed by atoms with Crippen molar-refractivity contribution < 1.29 is 4.79 Å². The summed E-state index contributed by atoms with van der Waals surface area (Å²) in [7, 11) is 4.00. The SMILES string of the molecule is CC(C)NC(=O)NCC#Cc1ccc(N(C)C)cc1. The standard InChI is InChI=1S/C15H21N3O/c1-12(2)17-15(19)16-11-5-6-13-7-9-14(10-8-13)18(3)4/h7-10,12H,11H2,1-4H3,(H2,16,17,19). The first-order chi connectivity index (χ1) is 8.99. The molecule has 0 aliphatic heterocycles. The molecule has 0 atom stereocenters. The van der Waals surface area contributed by atoms with Gasteiger partial charge >= 0.3 is 6.03 Å². The van der Waals surface area contributed by atoms with Crippen molar-refractivity contribution in [2.45, 2.75) is 19.9 Å². The van der Waals surface area contributed by atoms with E-state index in [9.17, 15) is 4.79 Å². The second kappa shape index (κ2) is 7.32. The Kier molecular flexibility index (Phi) is 5.74. The van der Waals surface area contributed by atoms with Crippen LogP contribution in [0.1, 0.15) is 19.4 Å². The van der Waals surface area contributed by atoms with Gasteiger partial charge in [0.25, 0.3) is 0 Å². The van der Waals surface area contributed by atoms with E-state index >= 15 is 0 Å². The van der Waals surface area contributed by atoms with Gasteiger partial charge in [-0.3, -0.25) is 0 Å². The van der Waals surface area contributed by atoms with Gasteiger partial charge in [-0.05, 0) is 38.1 Å². The summed E-state index contributed by atoms with van der Waals surface area (Å²) in [4.78, 5) is 13.3. The van der Waals surface area contributed by atoms with E-state index in [0.29, 0.717) is 6.54 Å². The second-order valence-corrected chi connectivity index (χ2v) is 4.72. The van der Waals surface area contributed by atoms with Crippen molar-refractivity contribution in [3.8, 4) is 11.8 Å². The first-order valence-corrected chi connectivity index (χ1v) is 6.29. The highest BCUT2D eigenvalue weighted by Gasteiger charge is 1.99. The Morgan fingerprint density at radius 3 is 2.42 bits per heavy atom. The number of nitrogens with one attached hydrogen (secondary N) is 2. The van der Waals surface area contributed by atoms with E-state index in [-0.39, 0.29) is 12.1 Å². The van der Waals surface area contributed by atoms with E-state index in [4.69, 9.17) is 0 Å². The van der Waals surface area contributed by atoms with Crippen LogP contribution < -0.4 is 15.5 Å². The number of urea groups is 1. The fourth-order valence-corrected chi connectivity index (χ4v) is 1.43. The van der Waals surface area contributed by atoms with E-state index in [0.717, 1.165) is 11.3 Å². The Morgan fingerprint density at radius 1 is 1.26 bits per heavy atom. The molecule has 102 valence electrons. The molecule has 0 saturated heterocycles. The Morgan fingerprint density at radius 2 is 1.89 bits per heavy atom. The monoisotopic (exact) mass is 259 g/mol. The number of benzene rings is 1. The van der Waals surface area contributed by atoms with Gasteiger partial charge in [0.1, 0.15) is 0 Å². The number of hydrogen-bond acceptors (Lipinski definition) is 2. The van der Waals surface area contributed by atoms with E-state index in [1.807, 2.05) is 57.1 Å². The van der Waals surface area contributed by atoms with Crippen LogP contribution in [-0.4, -0.2) is 32.7 Å². The van der Waals surface area contributed by atoms with Crippen LogP contribution in [0.2, 0.25) is 0 Å². The van der Waals surface area contributed by atoms with Gasteiger partial charge in [-0.1, -0.05) is 11.8 Å². The van der Waals surface area contributed by atoms with Crippen molar-refractivity contribution in [3.05, 3.63) is 29.8 Å². The molecule has 2 amide bonds. The fourth-order valence-electron chi connectivity index (χ4n) is 1.43. The summed E-state index contributed by atoms with van der Waals surface area (Å²) in [5, 5.41) is 5.42. The number of amides is 2. The van der Waals surface area contributed by atoms with Gasteiger partial charge in [0.2, 0.25) is 0 Å². The predicted octanol–water partition coefficient (Wildman–Crippen LogP) is 1.81. The number of carbonyl (C=O) groups excluding carboxylic acids is 1. The minimum atomic E-state index is -0.188. The molecule has 0 aliphatic carbocycles. The average molecular weight is 259 g/mol. The first kappa shape index (κ1) is 14.9. The van der Waals surface area contributed by atoms with E-state index in [1.165, 1.54) is 0 Å². The number of nitrogens with zero attached hydrogens (tertiary/aromatic N) is 1. The summed E-state index contributed by atoms with van der Waals surface area (Å²) in [6, 6.07) is 7.91. The van der Waals surface area contributed by atoms with Crippen LogP contribution in [-0.2, 0) is 0 Å². The predicted molar refractivity (Wildman–Crippen MR) is 79.3 cm³/mol. The molecule has 0 bridgehead atoms. The number of carbonyl (C=O) groups is 1. The zero-order chi connectivity index (χ0) is 14.3. The van der Waals surface area contributed by atoms with E-state index in [2.05, 4.69) is 22.5 Å². The molecule has 0 saturated carbocycles. The molecule has 1 aromatic carbocycles. The summed E-state index contributed by atoms with van der Waals surface area (Å²) in [6.45, 7) is 4.17. The maximum atomic E-state index is 11.3.